The van der Waals surface area contributed by atoms with Crippen LogP contribution in [-0.4, -0.2) is 25.1 Å². The van der Waals surface area contributed by atoms with E-state index in [0.29, 0.717) is 12.6 Å². The van der Waals surface area contributed by atoms with Crippen molar-refractivity contribution in [2.75, 3.05) is 13.2 Å². The van der Waals surface area contributed by atoms with E-state index in [1.807, 2.05) is 19.1 Å². The maximum absolute atomic E-state index is 11.9. The first-order chi connectivity index (χ1) is 10.1. The maximum Gasteiger partial charge on any atom is 0.258 e. The van der Waals surface area contributed by atoms with Gasteiger partial charge in [0.25, 0.3) is 5.91 Å². The van der Waals surface area contributed by atoms with Crippen molar-refractivity contribution in [2.45, 2.75) is 45.1 Å². The van der Waals surface area contributed by atoms with E-state index < -0.39 is 0 Å². The molecule has 0 radical (unpaired) electrons. The van der Waals surface area contributed by atoms with E-state index in [1.54, 1.807) is 0 Å². The summed E-state index contributed by atoms with van der Waals surface area (Å²) in [4.78, 5) is 11.9. The summed E-state index contributed by atoms with van der Waals surface area (Å²) in [5, 5.41) is 3.03. The van der Waals surface area contributed by atoms with Crippen LogP contribution in [0.1, 0.15) is 36.8 Å². The van der Waals surface area contributed by atoms with Crippen LogP contribution in [0.4, 0.5) is 0 Å². The molecule has 0 bridgehead atoms. The fourth-order valence-corrected chi connectivity index (χ4v) is 3.44. The Hall–Kier alpha value is -1.07. The van der Waals surface area contributed by atoms with E-state index >= 15 is 0 Å². The molecule has 2 rings (SSSR count). The van der Waals surface area contributed by atoms with Gasteiger partial charge in [0, 0.05) is 10.5 Å². The van der Waals surface area contributed by atoms with Crippen LogP contribution in [0, 0.1) is 6.92 Å². The first-order valence-electron chi connectivity index (χ1n) is 7.51. The Morgan fingerprint density at radius 1 is 1.43 bits per heavy atom. The largest absolute Gasteiger partial charge is 0.483 e. The van der Waals surface area contributed by atoms with Crippen molar-refractivity contribution in [3.63, 3.8) is 0 Å². The van der Waals surface area contributed by atoms with Gasteiger partial charge in [-0.1, -0.05) is 28.8 Å². The van der Waals surface area contributed by atoms with Gasteiger partial charge in [0.1, 0.15) is 5.75 Å². The number of amides is 1. The minimum atomic E-state index is -0.0390. The molecule has 0 saturated heterocycles. The van der Waals surface area contributed by atoms with Crippen molar-refractivity contribution in [2.24, 2.45) is 5.73 Å². The average molecular weight is 355 g/mol. The minimum absolute atomic E-state index is 0.0390. The van der Waals surface area contributed by atoms with Crippen LogP contribution in [0.15, 0.2) is 16.6 Å². The molecule has 0 aromatic heterocycles. The molecule has 1 aliphatic carbocycles. The third kappa shape index (κ3) is 4.71. The van der Waals surface area contributed by atoms with Crippen molar-refractivity contribution < 1.29 is 9.53 Å². The van der Waals surface area contributed by atoms with E-state index in [9.17, 15) is 4.79 Å². The summed E-state index contributed by atoms with van der Waals surface area (Å²) in [6.45, 7) is 2.60. The van der Waals surface area contributed by atoms with Gasteiger partial charge in [0.2, 0.25) is 0 Å². The summed E-state index contributed by atoms with van der Waals surface area (Å²) >= 11 is 3.48. The van der Waals surface area contributed by atoms with Gasteiger partial charge < -0.3 is 15.8 Å². The van der Waals surface area contributed by atoms with Crippen LogP contribution in [0.25, 0.3) is 0 Å². The highest BCUT2D eigenvalue weighted by atomic mass is 79.9. The molecule has 21 heavy (non-hydrogen) atoms. The molecule has 0 aliphatic heterocycles. The second-order valence-corrected chi connectivity index (χ2v) is 6.50. The summed E-state index contributed by atoms with van der Waals surface area (Å²) in [6.07, 6.45) is 5.32. The number of halogens is 1. The predicted molar refractivity (Wildman–Crippen MR) is 87.5 cm³/mol. The lowest BCUT2D eigenvalue weighted by Crippen LogP contribution is -2.36. The molecule has 1 saturated carbocycles. The molecule has 0 heterocycles. The third-order valence-corrected chi connectivity index (χ3v) is 4.26. The number of hydrogen-bond donors (Lipinski definition) is 2. The van der Waals surface area contributed by atoms with Crippen molar-refractivity contribution in [1.29, 1.82) is 0 Å². The predicted octanol–water partition coefficient (Wildman–Crippen LogP) is 2.70. The molecule has 1 aromatic rings. The highest BCUT2D eigenvalue weighted by Crippen LogP contribution is 2.28. The van der Waals surface area contributed by atoms with Crippen LogP contribution < -0.4 is 15.8 Å². The van der Waals surface area contributed by atoms with Crippen LogP contribution >= 0.6 is 15.9 Å². The van der Waals surface area contributed by atoms with E-state index in [1.165, 1.54) is 12.8 Å². The first-order valence-corrected chi connectivity index (χ1v) is 8.30. The summed E-state index contributed by atoms with van der Waals surface area (Å²) in [7, 11) is 0. The molecule has 5 heteroatoms. The van der Waals surface area contributed by atoms with Crippen LogP contribution in [0.2, 0.25) is 0 Å². The summed E-state index contributed by atoms with van der Waals surface area (Å²) in [5.41, 5.74) is 7.70. The van der Waals surface area contributed by atoms with E-state index in [0.717, 1.165) is 40.6 Å². The SMILES string of the molecule is Cc1cc(Br)cc(CCN)c1OCC(=O)NC1CCCC1. The number of nitrogens with one attached hydrogen (secondary N) is 1. The van der Waals surface area contributed by atoms with Gasteiger partial charge in [0.05, 0.1) is 0 Å². The summed E-state index contributed by atoms with van der Waals surface area (Å²) in [6, 6.07) is 4.32. The van der Waals surface area contributed by atoms with Gasteiger partial charge in [-0.25, -0.2) is 0 Å². The Kier molecular flexibility index (Phi) is 6.06. The average Bonchev–Trinajstić information content (AvgIpc) is 2.90. The molecule has 1 amide bonds. The molecule has 3 N–H and O–H groups in total. The van der Waals surface area contributed by atoms with Crippen LogP contribution in [-0.2, 0) is 11.2 Å². The number of aryl methyl sites for hydroxylation is 1. The Morgan fingerprint density at radius 3 is 2.81 bits per heavy atom. The highest BCUT2D eigenvalue weighted by molar-refractivity contribution is 9.10. The fraction of sp³-hybridized carbons (Fsp3) is 0.562. The van der Waals surface area contributed by atoms with Gasteiger partial charge in [0.15, 0.2) is 6.61 Å². The monoisotopic (exact) mass is 354 g/mol. The van der Waals surface area contributed by atoms with Crippen LogP contribution in [0.3, 0.4) is 0 Å². The Bertz CT molecular complexity index is 499. The second-order valence-electron chi connectivity index (χ2n) is 5.59. The molecule has 116 valence electrons. The van der Waals surface area contributed by atoms with Gasteiger partial charge in [-0.3, -0.25) is 4.79 Å². The number of rotatable bonds is 6. The Labute approximate surface area is 134 Å². The van der Waals surface area contributed by atoms with Gasteiger partial charge >= 0.3 is 0 Å². The molecule has 0 spiro atoms. The zero-order valence-electron chi connectivity index (χ0n) is 12.5. The van der Waals surface area contributed by atoms with E-state index in [2.05, 4.69) is 21.2 Å². The normalized spacial score (nSPS) is 15.2. The number of hydrogen-bond acceptors (Lipinski definition) is 3. The molecule has 1 aliphatic rings. The molecular formula is C16H23BrN2O2. The van der Waals surface area contributed by atoms with Gasteiger partial charge in [-0.2, -0.15) is 0 Å². The number of carbonyl (C=O) groups excluding carboxylic acids is 1. The molecule has 0 atom stereocenters. The number of ether oxygens (including phenoxy) is 1. The lowest BCUT2D eigenvalue weighted by atomic mass is 10.1. The molecule has 1 aromatic carbocycles. The first kappa shape index (κ1) is 16.3. The van der Waals surface area contributed by atoms with E-state index in [-0.39, 0.29) is 12.5 Å². The van der Waals surface area contributed by atoms with Crippen molar-refractivity contribution >= 4 is 21.8 Å². The highest BCUT2D eigenvalue weighted by Gasteiger charge is 2.18. The van der Waals surface area contributed by atoms with Crippen molar-refractivity contribution in [3.05, 3.63) is 27.7 Å². The van der Waals surface area contributed by atoms with E-state index in [4.69, 9.17) is 10.5 Å². The maximum atomic E-state index is 11.9. The molecular weight excluding hydrogens is 332 g/mol. The fourth-order valence-electron chi connectivity index (χ4n) is 2.82. The van der Waals surface area contributed by atoms with Crippen LogP contribution in [0.5, 0.6) is 5.75 Å². The lowest BCUT2D eigenvalue weighted by molar-refractivity contribution is -0.123. The van der Waals surface area contributed by atoms with Crippen molar-refractivity contribution in [3.8, 4) is 5.75 Å². The summed E-state index contributed by atoms with van der Waals surface area (Å²) < 4.78 is 6.76. The Morgan fingerprint density at radius 2 is 2.14 bits per heavy atom. The zero-order chi connectivity index (χ0) is 15.2. The molecule has 1 fully saturated rings. The second kappa shape index (κ2) is 7.80. The number of nitrogens with two attached hydrogens (primary N) is 1. The zero-order valence-corrected chi connectivity index (χ0v) is 14.0. The number of carbonyl (C=O) groups is 1. The molecule has 4 nitrogen and oxygen atoms in total. The minimum Gasteiger partial charge on any atom is -0.483 e. The van der Waals surface area contributed by atoms with Crippen molar-refractivity contribution in [1.82, 2.24) is 5.32 Å². The van der Waals surface area contributed by atoms with Gasteiger partial charge in [-0.15, -0.1) is 0 Å². The quantitative estimate of drug-likeness (QED) is 0.825. The number of benzene rings is 1. The standard InChI is InChI=1S/C16H23BrN2O2/c1-11-8-13(17)9-12(6-7-18)16(11)21-10-15(20)19-14-4-2-3-5-14/h8-9,14H,2-7,10,18H2,1H3,(H,19,20). The molecule has 0 unspecified atom stereocenters. The smallest absolute Gasteiger partial charge is 0.258 e. The Balaban J connectivity index is 1.96. The summed E-state index contributed by atoms with van der Waals surface area (Å²) in [5.74, 6) is 0.744. The third-order valence-electron chi connectivity index (χ3n) is 3.80. The lowest BCUT2D eigenvalue weighted by Gasteiger charge is -2.16. The topological polar surface area (TPSA) is 64.3 Å². The van der Waals surface area contributed by atoms with Gasteiger partial charge in [-0.05, 0) is 56.0 Å².